The molecule has 4 unspecified atom stereocenters. The number of nitrogens with zero attached hydrogens (tertiary/aromatic N) is 6. The summed E-state index contributed by atoms with van der Waals surface area (Å²) in [6.07, 6.45) is -2.17. The number of carbonyl (C=O) groups excluding carboxylic acids is 4. The van der Waals surface area contributed by atoms with Gasteiger partial charge in [0.2, 0.25) is 5.91 Å². The maximum atomic E-state index is 13.8. The van der Waals surface area contributed by atoms with E-state index in [1.165, 1.54) is 6.92 Å². The van der Waals surface area contributed by atoms with Crippen LogP contribution in [0.2, 0.25) is 0 Å². The molecule has 0 aromatic carbocycles. The minimum absolute atomic E-state index is 0.0583. The summed E-state index contributed by atoms with van der Waals surface area (Å²) in [7, 11) is 0. The number of ether oxygens (including phenoxy) is 4. The van der Waals surface area contributed by atoms with Crippen LogP contribution in [0.1, 0.15) is 46.3 Å². The van der Waals surface area contributed by atoms with E-state index in [2.05, 4.69) is 15.4 Å². The normalized spacial score (nSPS) is 23.3. The van der Waals surface area contributed by atoms with E-state index >= 15 is 0 Å². The Bertz CT molecular complexity index is 1300. The summed E-state index contributed by atoms with van der Waals surface area (Å²) in [4.78, 5) is 62.6. The van der Waals surface area contributed by atoms with Crippen molar-refractivity contribution in [1.29, 1.82) is 0 Å². The third-order valence-corrected chi connectivity index (χ3v) is 6.10. The first kappa shape index (κ1) is 27.0. The molecular formula is C22H29N7O9. The first-order chi connectivity index (χ1) is 18.1. The fourth-order valence-electron chi connectivity index (χ4n) is 4.62. The van der Waals surface area contributed by atoms with Crippen molar-refractivity contribution in [2.45, 2.75) is 71.1 Å². The van der Waals surface area contributed by atoms with Gasteiger partial charge in [-0.3, -0.25) is 24.0 Å². The fourth-order valence-corrected chi connectivity index (χ4v) is 4.62. The van der Waals surface area contributed by atoms with Gasteiger partial charge in [-0.05, 0) is 19.3 Å². The Balaban J connectivity index is 1.81. The molecule has 1 amide bonds. The molecule has 2 aliphatic heterocycles. The Morgan fingerprint density at radius 2 is 1.66 bits per heavy atom. The van der Waals surface area contributed by atoms with Gasteiger partial charge in [0.1, 0.15) is 19.3 Å². The number of piperidine rings is 1. The molecule has 2 aromatic rings. The van der Waals surface area contributed by atoms with E-state index in [4.69, 9.17) is 24.7 Å². The summed E-state index contributed by atoms with van der Waals surface area (Å²) in [5.74, 6) is -2.42. The standard InChI is InChI=1S/C22H29N7O9/c1-11(30)35-10-14-18(36-12(2)31)19(37-13(3)32)22(38-14)29-21(34)17-16(24-26-29)20(25-28(17)9-15(23)33)27-7-5-4-6-8-27/h14,18-19,22H,4-10H2,1-3H3,(H2,23,33). The minimum atomic E-state index is -1.41. The smallest absolute Gasteiger partial charge is 0.303 e. The number of aromatic nitrogens is 5. The summed E-state index contributed by atoms with van der Waals surface area (Å²) in [6, 6.07) is 0. The topological polar surface area (TPSA) is 200 Å². The van der Waals surface area contributed by atoms with Crippen LogP contribution in [0.25, 0.3) is 11.0 Å². The van der Waals surface area contributed by atoms with Crippen molar-refractivity contribution in [3.05, 3.63) is 10.4 Å². The average molecular weight is 536 g/mol. The summed E-state index contributed by atoms with van der Waals surface area (Å²) >= 11 is 0. The van der Waals surface area contributed by atoms with E-state index in [1.807, 2.05) is 4.90 Å². The van der Waals surface area contributed by atoms with E-state index < -0.39 is 60.5 Å². The van der Waals surface area contributed by atoms with Gasteiger partial charge in [-0.1, -0.05) is 5.21 Å². The van der Waals surface area contributed by atoms with Crippen LogP contribution < -0.4 is 16.2 Å². The van der Waals surface area contributed by atoms with Crippen LogP contribution in [0.5, 0.6) is 0 Å². The molecule has 4 atom stereocenters. The fraction of sp³-hybridized carbons (Fsp3) is 0.636. The molecule has 38 heavy (non-hydrogen) atoms. The van der Waals surface area contributed by atoms with Crippen molar-refractivity contribution in [2.24, 2.45) is 5.73 Å². The quantitative estimate of drug-likeness (QED) is 0.312. The molecule has 16 nitrogen and oxygen atoms in total. The van der Waals surface area contributed by atoms with Crippen molar-refractivity contribution in [1.82, 2.24) is 24.8 Å². The number of fused-ring (bicyclic) bond motifs is 1. The van der Waals surface area contributed by atoms with E-state index in [9.17, 15) is 24.0 Å². The van der Waals surface area contributed by atoms with Crippen LogP contribution in [0.15, 0.2) is 4.79 Å². The van der Waals surface area contributed by atoms with Gasteiger partial charge in [0.05, 0.1) is 0 Å². The SMILES string of the molecule is CC(=O)OCC1OC(n2nnc3c(N4CCCCC4)nn(CC(N)=O)c3c2=O)C(OC(C)=O)C1OC(C)=O. The summed E-state index contributed by atoms with van der Waals surface area (Å²) in [5, 5.41) is 12.7. The van der Waals surface area contributed by atoms with Crippen LogP contribution in [0, 0.1) is 0 Å². The van der Waals surface area contributed by atoms with Gasteiger partial charge in [0.25, 0.3) is 5.56 Å². The Kier molecular flexibility index (Phi) is 7.89. The van der Waals surface area contributed by atoms with Gasteiger partial charge in [-0.2, -0.15) is 9.78 Å². The monoisotopic (exact) mass is 535 g/mol. The Morgan fingerprint density at radius 1 is 1.00 bits per heavy atom. The van der Waals surface area contributed by atoms with Gasteiger partial charge in [0, 0.05) is 33.9 Å². The van der Waals surface area contributed by atoms with E-state index in [1.54, 1.807) is 0 Å². The Morgan fingerprint density at radius 3 is 2.26 bits per heavy atom. The molecule has 206 valence electrons. The lowest BCUT2D eigenvalue weighted by Gasteiger charge is -2.26. The second-order valence-electron chi connectivity index (χ2n) is 9.05. The number of nitrogens with two attached hydrogens (primary N) is 1. The van der Waals surface area contributed by atoms with E-state index in [0.29, 0.717) is 18.9 Å². The van der Waals surface area contributed by atoms with Gasteiger partial charge in [0.15, 0.2) is 35.3 Å². The lowest BCUT2D eigenvalue weighted by molar-refractivity contribution is -0.166. The second-order valence-corrected chi connectivity index (χ2v) is 9.05. The molecule has 2 N–H and O–H groups in total. The van der Waals surface area contributed by atoms with Crippen molar-refractivity contribution < 1.29 is 38.1 Å². The molecule has 0 saturated carbocycles. The second kappa shape index (κ2) is 11.1. The van der Waals surface area contributed by atoms with Crippen molar-refractivity contribution in [2.75, 3.05) is 24.6 Å². The van der Waals surface area contributed by atoms with Gasteiger partial charge in [-0.25, -0.2) is 4.68 Å². The van der Waals surface area contributed by atoms with E-state index in [0.717, 1.165) is 42.5 Å². The maximum absolute atomic E-state index is 13.8. The molecule has 0 radical (unpaired) electrons. The van der Waals surface area contributed by atoms with Crippen molar-refractivity contribution in [3.8, 4) is 0 Å². The highest BCUT2D eigenvalue weighted by Crippen LogP contribution is 2.34. The molecular weight excluding hydrogens is 506 g/mol. The number of amides is 1. The van der Waals surface area contributed by atoms with Crippen molar-refractivity contribution >= 4 is 40.7 Å². The summed E-state index contributed by atoms with van der Waals surface area (Å²) in [5.41, 5.74) is 4.75. The molecule has 2 aromatic heterocycles. The van der Waals surface area contributed by atoms with Gasteiger partial charge >= 0.3 is 17.9 Å². The Hall–Kier alpha value is -4.08. The summed E-state index contributed by atoms with van der Waals surface area (Å²) < 4.78 is 23.6. The third-order valence-electron chi connectivity index (χ3n) is 6.10. The zero-order valence-corrected chi connectivity index (χ0v) is 21.2. The number of anilines is 1. The van der Waals surface area contributed by atoms with E-state index in [-0.39, 0.29) is 17.6 Å². The molecule has 4 rings (SSSR count). The molecule has 2 aliphatic rings. The number of hydrogen-bond donors (Lipinski definition) is 1. The molecule has 16 heteroatoms. The van der Waals surface area contributed by atoms with Crippen LogP contribution >= 0.6 is 0 Å². The highest BCUT2D eigenvalue weighted by atomic mass is 16.7. The minimum Gasteiger partial charge on any atom is -0.463 e. The zero-order chi connectivity index (χ0) is 27.6. The number of rotatable bonds is 8. The molecule has 0 bridgehead atoms. The first-order valence-corrected chi connectivity index (χ1v) is 12.1. The van der Waals surface area contributed by atoms with Crippen LogP contribution in [-0.4, -0.2) is 86.6 Å². The van der Waals surface area contributed by atoms with Crippen molar-refractivity contribution in [3.63, 3.8) is 0 Å². The number of primary amides is 1. The first-order valence-electron chi connectivity index (χ1n) is 12.1. The summed E-state index contributed by atoms with van der Waals surface area (Å²) in [6.45, 7) is 4.08. The number of esters is 3. The van der Waals surface area contributed by atoms with Crippen LogP contribution in [-0.2, 0) is 44.7 Å². The maximum Gasteiger partial charge on any atom is 0.303 e. The van der Waals surface area contributed by atoms with Gasteiger partial charge < -0.3 is 29.6 Å². The number of carbonyl (C=O) groups is 4. The lowest BCUT2D eigenvalue weighted by Crippen LogP contribution is -2.42. The average Bonchev–Trinajstić information content (AvgIpc) is 3.36. The largest absolute Gasteiger partial charge is 0.463 e. The molecule has 0 spiro atoms. The predicted molar refractivity (Wildman–Crippen MR) is 126 cm³/mol. The molecule has 0 aliphatic carbocycles. The molecule has 4 heterocycles. The highest BCUT2D eigenvalue weighted by molar-refractivity contribution is 5.87. The molecule has 2 saturated heterocycles. The molecule has 2 fully saturated rings. The van der Waals surface area contributed by atoms with Crippen LogP contribution in [0.3, 0.4) is 0 Å². The number of hydrogen-bond acceptors (Lipinski definition) is 13. The zero-order valence-electron chi connectivity index (χ0n) is 21.2. The third kappa shape index (κ3) is 5.58. The highest BCUT2D eigenvalue weighted by Gasteiger charge is 2.51. The van der Waals surface area contributed by atoms with Gasteiger partial charge in [-0.15, -0.1) is 5.10 Å². The Labute approximate surface area is 215 Å². The van der Waals surface area contributed by atoms with Crippen LogP contribution in [0.4, 0.5) is 5.82 Å². The predicted octanol–water partition coefficient (Wildman–Crippen LogP) is -1.21. The lowest BCUT2D eigenvalue weighted by atomic mass is 10.1.